The van der Waals surface area contributed by atoms with Crippen LogP contribution in [0.5, 0.6) is 0 Å². The van der Waals surface area contributed by atoms with Crippen LogP contribution in [-0.4, -0.2) is 37.3 Å². The molecule has 21 heavy (non-hydrogen) atoms. The maximum atomic E-state index is 11.7. The lowest BCUT2D eigenvalue weighted by atomic mass is 10.4. The molecule has 0 fully saturated rings. The van der Waals surface area contributed by atoms with E-state index in [1.165, 1.54) is 37.1 Å². The molecule has 6 nitrogen and oxygen atoms in total. The normalized spacial score (nSPS) is 11.0. The Kier molecular flexibility index (Phi) is 6.33. The first-order valence-electron chi connectivity index (χ1n) is 5.64. The number of carbonyl (C=O) groups is 2. The number of halogens is 2. The van der Waals surface area contributed by atoms with Gasteiger partial charge in [-0.15, -0.1) is 0 Å². The number of ether oxygens (including phenoxy) is 3. The van der Waals surface area contributed by atoms with Crippen molar-refractivity contribution in [2.24, 2.45) is 0 Å². The van der Waals surface area contributed by atoms with Gasteiger partial charge in [0.25, 0.3) is 0 Å². The summed E-state index contributed by atoms with van der Waals surface area (Å²) < 4.78 is 15.5. The summed E-state index contributed by atoms with van der Waals surface area (Å²) in [4.78, 5) is 23.3. The molecule has 1 rings (SSSR count). The molecule has 0 radical (unpaired) electrons. The molecule has 8 heteroatoms. The zero-order valence-corrected chi connectivity index (χ0v) is 12.9. The van der Waals surface area contributed by atoms with Gasteiger partial charge in [0.2, 0.25) is 5.76 Å². The molecule has 114 valence electrons. The van der Waals surface area contributed by atoms with Crippen molar-refractivity contribution in [1.82, 2.24) is 4.57 Å². The number of rotatable bonds is 6. The molecular weight excluding hydrogens is 321 g/mol. The second-order valence-corrected chi connectivity index (χ2v) is 4.38. The molecule has 0 saturated heterocycles. The van der Waals surface area contributed by atoms with Crippen molar-refractivity contribution in [2.75, 3.05) is 20.8 Å². The van der Waals surface area contributed by atoms with Crippen molar-refractivity contribution in [3.05, 3.63) is 40.4 Å². The minimum Gasteiger partial charge on any atom is -0.481 e. The SMILES string of the molecule is C=CCO/C(=C\n1c(C(=O)OC)cc(Cl)c1Cl)C(=O)OC. The highest BCUT2D eigenvalue weighted by atomic mass is 35.5. The fraction of sp³-hybridized carbons (Fsp3) is 0.231. The van der Waals surface area contributed by atoms with Crippen molar-refractivity contribution in [2.45, 2.75) is 0 Å². The zero-order chi connectivity index (χ0) is 16.0. The summed E-state index contributed by atoms with van der Waals surface area (Å²) in [5.74, 6) is -1.58. The lowest BCUT2D eigenvalue weighted by molar-refractivity contribution is -0.139. The lowest BCUT2D eigenvalue weighted by Gasteiger charge is -2.09. The van der Waals surface area contributed by atoms with Gasteiger partial charge in [0, 0.05) is 0 Å². The molecule has 0 amide bonds. The Labute approximate surface area is 131 Å². The highest BCUT2D eigenvalue weighted by Crippen LogP contribution is 2.28. The highest BCUT2D eigenvalue weighted by molar-refractivity contribution is 6.42. The summed E-state index contributed by atoms with van der Waals surface area (Å²) in [5, 5.41) is 0.155. The molecule has 0 spiro atoms. The molecule has 1 aromatic rings. The van der Waals surface area contributed by atoms with E-state index in [2.05, 4.69) is 16.1 Å². The van der Waals surface area contributed by atoms with Crippen LogP contribution in [0.3, 0.4) is 0 Å². The fourth-order valence-corrected chi connectivity index (χ4v) is 1.76. The largest absolute Gasteiger partial charge is 0.481 e. The van der Waals surface area contributed by atoms with Crippen molar-refractivity contribution in [3.63, 3.8) is 0 Å². The van der Waals surface area contributed by atoms with Gasteiger partial charge in [-0.1, -0.05) is 35.9 Å². The van der Waals surface area contributed by atoms with Crippen LogP contribution >= 0.6 is 23.2 Å². The maximum Gasteiger partial charge on any atom is 0.374 e. The summed E-state index contributed by atoms with van der Waals surface area (Å²) >= 11 is 11.9. The second-order valence-electron chi connectivity index (χ2n) is 3.61. The van der Waals surface area contributed by atoms with E-state index >= 15 is 0 Å². The molecule has 0 aliphatic rings. The summed E-state index contributed by atoms with van der Waals surface area (Å²) in [6.45, 7) is 3.54. The maximum absolute atomic E-state index is 11.7. The van der Waals surface area contributed by atoms with Gasteiger partial charge < -0.3 is 14.2 Å². The van der Waals surface area contributed by atoms with Crippen LogP contribution in [0, 0.1) is 0 Å². The number of nitrogens with zero attached hydrogens (tertiary/aromatic N) is 1. The third kappa shape index (κ3) is 4.03. The van der Waals surface area contributed by atoms with Crippen molar-refractivity contribution < 1.29 is 23.8 Å². The first-order chi connectivity index (χ1) is 9.96. The van der Waals surface area contributed by atoms with Gasteiger partial charge in [0.1, 0.15) is 17.5 Å². The summed E-state index contributed by atoms with van der Waals surface area (Å²) in [7, 11) is 2.40. The Morgan fingerprint density at radius 1 is 1.33 bits per heavy atom. The summed E-state index contributed by atoms with van der Waals surface area (Å²) in [5.41, 5.74) is 0.0381. The van der Waals surface area contributed by atoms with Crippen LogP contribution in [0.2, 0.25) is 10.2 Å². The van der Waals surface area contributed by atoms with Crippen LogP contribution in [0.1, 0.15) is 10.5 Å². The van der Waals surface area contributed by atoms with Gasteiger partial charge >= 0.3 is 11.9 Å². The van der Waals surface area contributed by atoms with Crippen molar-refractivity contribution >= 4 is 41.3 Å². The summed E-state index contributed by atoms with van der Waals surface area (Å²) in [6.07, 6.45) is 2.64. The quantitative estimate of drug-likeness (QED) is 0.346. The first kappa shape index (κ1) is 17.1. The predicted molar refractivity (Wildman–Crippen MR) is 78.2 cm³/mol. The van der Waals surface area contributed by atoms with E-state index in [0.29, 0.717) is 0 Å². The standard InChI is InChI=1S/C13H13Cl2NO5/c1-4-5-21-10(13(18)20-3)7-16-9(12(17)19-2)6-8(14)11(16)15/h4,6-7H,1,5H2,2-3H3/b10-7-. The van der Waals surface area contributed by atoms with E-state index in [4.69, 9.17) is 27.9 Å². The summed E-state index contributed by atoms with van der Waals surface area (Å²) in [6, 6.07) is 1.31. The van der Waals surface area contributed by atoms with Gasteiger partial charge in [-0.05, 0) is 6.07 Å². The van der Waals surface area contributed by atoms with Gasteiger partial charge in [0.05, 0.1) is 25.4 Å². The van der Waals surface area contributed by atoms with E-state index in [0.717, 1.165) is 0 Å². The first-order valence-corrected chi connectivity index (χ1v) is 6.40. The average molecular weight is 334 g/mol. The van der Waals surface area contributed by atoms with Crippen LogP contribution < -0.4 is 0 Å². The van der Waals surface area contributed by atoms with E-state index in [9.17, 15) is 9.59 Å². The molecule has 1 heterocycles. The fourth-order valence-electron chi connectivity index (χ4n) is 1.37. The molecule has 0 aliphatic carbocycles. The molecule has 0 unspecified atom stereocenters. The third-order valence-corrected chi connectivity index (χ3v) is 3.09. The highest BCUT2D eigenvalue weighted by Gasteiger charge is 2.20. The molecule has 0 bridgehead atoms. The van der Waals surface area contributed by atoms with Gasteiger partial charge in [-0.2, -0.15) is 0 Å². The van der Waals surface area contributed by atoms with Crippen molar-refractivity contribution in [3.8, 4) is 0 Å². The Morgan fingerprint density at radius 3 is 2.52 bits per heavy atom. The minimum absolute atomic E-state index is 0.0284. The Balaban J connectivity index is 3.34. The van der Waals surface area contributed by atoms with Crippen LogP contribution in [-0.2, 0) is 19.0 Å². The molecule has 1 aromatic heterocycles. The molecule has 0 aliphatic heterocycles. The monoisotopic (exact) mass is 333 g/mol. The van der Waals surface area contributed by atoms with E-state index in [-0.39, 0.29) is 28.2 Å². The van der Waals surface area contributed by atoms with E-state index < -0.39 is 11.9 Å². The Hall–Kier alpha value is -1.92. The minimum atomic E-state index is -0.742. The van der Waals surface area contributed by atoms with Gasteiger partial charge in [0.15, 0.2) is 0 Å². The molecular formula is C13H13Cl2NO5. The number of hydrogen-bond donors (Lipinski definition) is 0. The molecule has 0 saturated carbocycles. The molecule has 0 N–H and O–H groups in total. The lowest BCUT2D eigenvalue weighted by Crippen LogP contribution is -2.12. The van der Waals surface area contributed by atoms with Crippen molar-refractivity contribution in [1.29, 1.82) is 0 Å². The topological polar surface area (TPSA) is 66.8 Å². The number of aromatic nitrogens is 1. The third-order valence-electron chi connectivity index (χ3n) is 2.32. The number of hydrogen-bond acceptors (Lipinski definition) is 5. The van der Waals surface area contributed by atoms with Crippen LogP contribution in [0.15, 0.2) is 24.5 Å². The second kappa shape index (κ2) is 7.75. The number of carbonyl (C=O) groups excluding carboxylic acids is 2. The van der Waals surface area contributed by atoms with Crippen LogP contribution in [0.25, 0.3) is 6.20 Å². The number of methoxy groups -OCH3 is 2. The smallest absolute Gasteiger partial charge is 0.374 e. The van der Waals surface area contributed by atoms with Crippen LogP contribution in [0.4, 0.5) is 0 Å². The Morgan fingerprint density at radius 2 is 2.00 bits per heavy atom. The van der Waals surface area contributed by atoms with E-state index in [1.54, 1.807) is 0 Å². The van der Waals surface area contributed by atoms with Gasteiger partial charge in [-0.25, -0.2) is 9.59 Å². The molecule has 0 aromatic carbocycles. The Bertz CT molecular complexity index is 592. The number of esters is 2. The zero-order valence-electron chi connectivity index (χ0n) is 11.4. The van der Waals surface area contributed by atoms with E-state index in [1.807, 2.05) is 0 Å². The molecule has 0 atom stereocenters. The van der Waals surface area contributed by atoms with Gasteiger partial charge in [-0.3, -0.25) is 4.57 Å². The average Bonchev–Trinajstić information content (AvgIpc) is 2.77. The predicted octanol–water partition coefficient (Wildman–Crippen LogP) is 2.76.